The van der Waals surface area contributed by atoms with Gasteiger partial charge in [-0.2, -0.15) is 0 Å². The third kappa shape index (κ3) is 2.94. The number of hydrogen-bond acceptors (Lipinski definition) is 4. The lowest BCUT2D eigenvalue weighted by Gasteiger charge is -2.23. The Balaban J connectivity index is 1.67. The fourth-order valence-electron chi connectivity index (χ4n) is 2.09. The molecule has 5 heteroatoms. The zero-order chi connectivity index (χ0) is 12.9. The highest BCUT2D eigenvalue weighted by atomic mass is 16.6. The summed E-state index contributed by atoms with van der Waals surface area (Å²) < 4.78 is 13.0. The minimum Gasteiger partial charge on any atom is -0.376 e. The van der Waals surface area contributed by atoms with Gasteiger partial charge in [-0.25, -0.2) is 4.98 Å². The van der Waals surface area contributed by atoms with E-state index in [9.17, 15) is 0 Å². The van der Waals surface area contributed by atoms with Crippen LogP contribution in [0.3, 0.4) is 0 Å². The molecule has 1 unspecified atom stereocenters. The summed E-state index contributed by atoms with van der Waals surface area (Å²) in [7, 11) is 0. The van der Waals surface area contributed by atoms with Crippen molar-refractivity contribution in [2.45, 2.75) is 6.10 Å². The number of anilines is 1. The number of imidazole rings is 1. The maximum atomic E-state index is 5.60. The number of hydrogen-bond donors (Lipinski definition) is 1. The van der Waals surface area contributed by atoms with Crippen LogP contribution in [-0.2, 0) is 9.47 Å². The van der Waals surface area contributed by atoms with E-state index in [1.807, 2.05) is 41.1 Å². The van der Waals surface area contributed by atoms with Gasteiger partial charge in [-0.05, 0) is 12.1 Å². The van der Waals surface area contributed by atoms with E-state index < -0.39 is 0 Å². The molecule has 1 saturated heterocycles. The van der Waals surface area contributed by atoms with Crippen molar-refractivity contribution in [3.05, 3.63) is 42.7 Å². The standard InChI is InChI=1S/C14H17N3O2/c1-2-4-12(5-3-1)17-7-6-15-14(17)16-10-13-11-18-8-9-19-13/h1-7,13H,8-11H2,(H,15,16). The third-order valence-electron chi connectivity index (χ3n) is 3.05. The average molecular weight is 259 g/mol. The van der Waals surface area contributed by atoms with E-state index in [0.717, 1.165) is 11.6 Å². The summed E-state index contributed by atoms with van der Waals surface area (Å²) in [6, 6.07) is 10.1. The molecule has 0 saturated carbocycles. The van der Waals surface area contributed by atoms with Crippen molar-refractivity contribution < 1.29 is 9.47 Å². The van der Waals surface area contributed by atoms with Crippen LogP contribution in [0.15, 0.2) is 42.7 Å². The molecule has 5 nitrogen and oxygen atoms in total. The summed E-state index contributed by atoms with van der Waals surface area (Å²) in [5, 5.41) is 3.31. The molecular weight excluding hydrogens is 242 g/mol. The van der Waals surface area contributed by atoms with Gasteiger partial charge in [0, 0.05) is 24.6 Å². The summed E-state index contributed by atoms with van der Waals surface area (Å²) in [5.74, 6) is 0.820. The molecule has 2 heterocycles. The van der Waals surface area contributed by atoms with E-state index in [0.29, 0.717) is 26.4 Å². The molecule has 0 spiro atoms. The predicted octanol–water partition coefficient (Wildman–Crippen LogP) is 1.70. The van der Waals surface area contributed by atoms with Crippen LogP contribution in [0, 0.1) is 0 Å². The number of benzene rings is 1. The number of para-hydroxylation sites is 1. The fourth-order valence-corrected chi connectivity index (χ4v) is 2.09. The topological polar surface area (TPSA) is 48.3 Å². The van der Waals surface area contributed by atoms with Crippen LogP contribution < -0.4 is 5.32 Å². The van der Waals surface area contributed by atoms with E-state index in [-0.39, 0.29) is 6.10 Å². The Morgan fingerprint density at radius 2 is 2.16 bits per heavy atom. The van der Waals surface area contributed by atoms with Gasteiger partial charge in [-0.3, -0.25) is 4.57 Å². The summed E-state index contributed by atoms with van der Waals surface area (Å²) >= 11 is 0. The van der Waals surface area contributed by atoms with Gasteiger partial charge in [-0.15, -0.1) is 0 Å². The van der Waals surface area contributed by atoms with E-state index in [2.05, 4.69) is 10.3 Å². The lowest BCUT2D eigenvalue weighted by molar-refractivity contribution is -0.0819. The molecule has 1 atom stereocenters. The molecule has 0 radical (unpaired) electrons. The molecule has 0 bridgehead atoms. The number of aromatic nitrogens is 2. The molecule has 2 aromatic rings. The van der Waals surface area contributed by atoms with Crippen molar-refractivity contribution in [1.29, 1.82) is 0 Å². The second kappa shape index (κ2) is 5.86. The molecule has 3 rings (SSSR count). The SMILES string of the molecule is c1ccc(-n2ccnc2NCC2COCCO2)cc1. The fraction of sp³-hybridized carbons (Fsp3) is 0.357. The van der Waals surface area contributed by atoms with Gasteiger partial charge in [0.25, 0.3) is 0 Å². The minimum absolute atomic E-state index is 0.0923. The number of ether oxygens (including phenoxy) is 2. The van der Waals surface area contributed by atoms with Crippen LogP contribution in [0.4, 0.5) is 5.95 Å². The van der Waals surface area contributed by atoms with Gasteiger partial charge in [0.05, 0.1) is 25.9 Å². The lowest BCUT2D eigenvalue weighted by atomic mass is 10.3. The van der Waals surface area contributed by atoms with Crippen LogP contribution in [0.1, 0.15) is 0 Å². The van der Waals surface area contributed by atoms with E-state index in [1.54, 1.807) is 6.20 Å². The Kier molecular flexibility index (Phi) is 3.76. The lowest BCUT2D eigenvalue weighted by Crippen LogP contribution is -2.34. The number of rotatable bonds is 4. The van der Waals surface area contributed by atoms with Gasteiger partial charge < -0.3 is 14.8 Å². The maximum Gasteiger partial charge on any atom is 0.207 e. The first kappa shape index (κ1) is 12.2. The van der Waals surface area contributed by atoms with Gasteiger partial charge >= 0.3 is 0 Å². The van der Waals surface area contributed by atoms with E-state index in [1.165, 1.54) is 0 Å². The Morgan fingerprint density at radius 3 is 2.95 bits per heavy atom. The molecule has 1 N–H and O–H groups in total. The highest BCUT2D eigenvalue weighted by molar-refractivity contribution is 5.41. The second-order valence-corrected chi connectivity index (χ2v) is 4.41. The number of nitrogens with one attached hydrogen (secondary N) is 1. The van der Waals surface area contributed by atoms with Crippen LogP contribution >= 0.6 is 0 Å². The van der Waals surface area contributed by atoms with Crippen molar-refractivity contribution in [2.75, 3.05) is 31.7 Å². The molecular formula is C14H17N3O2. The normalized spacial score (nSPS) is 19.3. The zero-order valence-corrected chi connectivity index (χ0v) is 10.7. The smallest absolute Gasteiger partial charge is 0.207 e. The molecule has 1 aromatic heterocycles. The van der Waals surface area contributed by atoms with Crippen LogP contribution in [0.2, 0.25) is 0 Å². The Hall–Kier alpha value is -1.85. The molecule has 0 aliphatic carbocycles. The first-order valence-electron chi connectivity index (χ1n) is 6.45. The van der Waals surface area contributed by atoms with Crippen molar-refractivity contribution in [3.8, 4) is 5.69 Å². The molecule has 1 aromatic carbocycles. The zero-order valence-electron chi connectivity index (χ0n) is 10.7. The first-order valence-corrected chi connectivity index (χ1v) is 6.45. The number of nitrogens with zero attached hydrogens (tertiary/aromatic N) is 2. The molecule has 1 aliphatic heterocycles. The van der Waals surface area contributed by atoms with Gasteiger partial charge in [0.15, 0.2) is 0 Å². The largest absolute Gasteiger partial charge is 0.376 e. The molecule has 1 fully saturated rings. The van der Waals surface area contributed by atoms with E-state index >= 15 is 0 Å². The molecule has 1 aliphatic rings. The highest BCUT2D eigenvalue weighted by Crippen LogP contribution is 2.14. The Labute approximate surface area is 112 Å². The summed E-state index contributed by atoms with van der Waals surface area (Å²) in [5.41, 5.74) is 1.09. The monoisotopic (exact) mass is 259 g/mol. The predicted molar refractivity (Wildman–Crippen MR) is 72.6 cm³/mol. The average Bonchev–Trinajstić information content (AvgIpc) is 2.95. The highest BCUT2D eigenvalue weighted by Gasteiger charge is 2.15. The second-order valence-electron chi connectivity index (χ2n) is 4.41. The summed E-state index contributed by atoms with van der Waals surface area (Å²) in [6.07, 6.45) is 3.82. The van der Waals surface area contributed by atoms with Crippen LogP contribution in [0.25, 0.3) is 5.69 Å². The minimum atomic E-state index is 0.0923. The van der Waals surface area contributed by atoms with Crippen molar-refractivity contribution in [1.82, 2.24) is 9.55 Å². The van der Waals surface area contributed by atoms with Crippen molar-refractivity contribution in [2.24, 2.45) is 0 Å². The molecule has 100 valence electrons. The van der Waals surface area contributed by atoms with Crippen molar-refractivity contribution >= 4 is 5.95 Å². The maximum absolute atomic E-state index is 5.60. The third-order valence-corrected chi connectivity index (χ3v) is 3.05. The molecule has 19 heavy (non-hydrogen) atoms. The Bertz CT molecular complexity index is 506. The van der Waals surface area contributed by atoms with Crippen LogP contribution in [0.5, 0.6) is 0 Å². The van der Waals surface area contributed by atoms with Gasteiger partial charge in [0.1, 0.15) is 0 Å². The van der Waals surface area contributed by atoms with Crippen LogP contribution in [-0.4, -0.2) is 42.0 Å². The van der Waals surface area contributed by atoms with Gasteiger partial charge in [-0.1, -0.05) is 18.2 Å². The van der Waals surface area contributed by atoms with Gasteiger partial charge in [0.2, 0.25) is 5.95 Å². The van der Waals surface area contributed by atoms with E-state index in [4.69, 9.17) is 9.47 Å². The van der Waals surface area contributed by atoms with Crippen molar-refractivity contribution in [3.63, 3.8) is 0 Å². The first-order chi connectivity index (χ1) is 9.43. The summed E-state index contributed by atoms with van der Waals surface area (Å²) in [6.45, 7) is 2.69. The summed E-state index contributed by atoms with van der Waals surface area (Å²) in [4.78, 5) is 4.33. The molecule has 0 amide bonds. The quantitative estimate of drug-likeness (QED) is 0.908. The Morgan fingerprint density at radius 1 is 1.26 bits per heavy atom.